The minimum atomic E-state index is -0.0535. The lowest BCUT2D eigenvalue weighted by atomic mass is 9.64. The molecule has 0 radical (unpaired) electrons. The Bertz CT molecular complexity index is 412. The molecule has 0 aliphatic heterocycles. The van der Waals surface area contributed by atoms with Gasteiger partial charge in [0.15, 0.2) is 0 Å². The number of anilines is 1. The second-order valence-electron chi connectivity index (χ2n) is 5.36. The fourth-order valence-electron chi connectivity index (χ4n) is 2.61. The first-order valence-electron chi connectivity index (χ1n) is 5.43. The fraction of sp³-hybridized carbons (Fsp3) is 0.583. The molecule has 2 rings (SSSR count). The summed E-state index contributed by atoms with van der Waals surface area (Å²) in [4.78, 5) is 11.6. The molecule has 0 amide bonds. The maximum atomic E-state index is 11.6. The van der Waals surface area contributed by atoms with Gasteiger partial charge in [0.25, 0.3) is 5.56 Å². The quantitative estimate of drug-likeness (QED) is 0.803. The summed E-state index contributed by atoms with van der Waals surface area (Å²) in [6, 6.07) is 3.49. The molecular formula is C12H18N2O. The first kappa shape index (κ1) is 10.3. The molecule has 1 heterocycles. The maximum absolute atomic E-state index is 11.6. The monoisotopic (exact) mass is 206 g/mol. The summed E-state index contributed by atoms with van der Waals surface area (Å²) < 4.78 is 1.73. The van der Waals surface area contributed by atoms with E-state index in [4.69, 9.17) is 5.73 Å². The zero-order chi connectivity index (χ0) is 11.1. The van der Waals surface area contributed by atoms with Crippen molar-refractivity contribution in [1.82, 2.24) is 4.57 Å². The molecule has 15 heavy (non-hydrogen) atoms. The van der Waals surface area contributed by atoms with Crippen LogP contribution >= 0.6 is 0 Å². The summed E-state index contributed by atoms with van der Waals surface area (Å²) in [6.07, 6.45) is 4.23. The number of pyridine rings is 1. The average molecular weight is 206 g/mol. The largest absolute Gasteiger partial charge is 0.394 e. The Labute approximate surface area is 89.9 Å². The molecule has 0 bridgehead atoms. The van der Waals surface area contributed by atoms with Gasteiger partial charge >= 0.3 is 0 Å². The number of nitrogen functional groups attached to an aromatic ring is 1. The summed E-state index contributed by atoms with van der Waals surface area (Å²) in [7, 11) is 0. The van der Waals surface area contributed by atoms with Gasteiger partial charge in [0.05, 0.1) is 5.69 Å². The molecule has 0 saturated heterocycles. The minimum absolute atomic E-state index is 0.0535. The fourth-order valence-corrected chi connectivity index (χ4v) is 2.61. The normalized spacial score (nSPS) is 19.9. The molecule has 0 aromatic carbocycles. The van der Waals surface area contributed by atoms with Crippen molar-refractivity contribution in [3.8, 4) is 0 Å². The van der Waals surface area contributed by atoms with Crippen LogP contribution in [-0.2, 0) is 6.54 Å². The molecule has 1 aromatic heterocycles. The van der Waals surface area contributed by atoms with E-state index in [-0.39, 0.29) is 5.56 Å². The van der Waals surface area contributed by atoms with Crippen LogP contribution in [0.25, 0.3) is 0 Å². The predicted octanol–water partition coefficient (Wildman–Crippen LogP) is 1.87. The number of nitrogens with zero attached hydrogens (tertiary/aromatic N) is 1. The van der Waals surface area contributed by atoms with Gasteiger partial charge in [-0.05, 0) is 36.3 Å². The Hall–Kier alpha value is -1.25. The van der Waals surface area contributed by atoms with E-state index in [9.17, 15) is 4.79 Å². The second-order valence-corrected chi connectivity index (χ2v) is 5.36. The molecule has 1 saturated carbocycles. The van der Waals surface area contributed by atoms with Gasteiger partial charge in [-0.2, -0.15) is 0 Å². The van der Waals surface area contributed by atoms with Crippen LogP contribution in [0.4, 0.5) is 5.69 Å². The third kappa shape index (κ3) is 2.06. The van der Waals surface area contributed by atoms with E-state index in [1.165, 1.54) is 12.8 Å². The summed E-state index contributed by atoms with van der Waals surface area (Å²) >= 11 is 0. The Morgan fingerprint density at radius 1 is 1.53 bits per heavy atom. The lowest BCUT2D eigenvalue weighted by Crippen LogP contribution is -2.36. The van der Waals surface area contributed by atoms with Gasteiger partial charge in [0.2, 0.25) is 0 Å². The van der Waals surface area contributed by atoms with Crippen molar-refractivity contribution in [2.24, 2.45) is 11.3 Å². The number of aromatic nitrogens is 1. The first-order valence-corrected chi connectivity index (χ1v) is 5.43. The zero-order valence-corrected chi connectivity index (χ0v) is 9.36. The molecular weight excluding hydrogens is 188 g/mol. The lowest BCUT2D eigenvalue weighted by Gasteiger charge is -2.42. The van der Waals surface area contributed by atoms with Crippen LogP contribution in [0.5, 0.6) is 0 Å². The molecule has 1 aliphatic carbocycles. The standard InChI is InChI=1S/C12H18N2O/c1-12(2)6-9(7-12)8-14-5-3-4-10(13)11(14)15/h3-5,9H,6-8,13H2,1-2H3. The van der Waals surface area contributed by atoms with Gasteiger partial charge in [0, 0.05) is 12.7 Å². The Kier molecular flexibility index (Phi) is 2.33. The third-order valence-electron chi connectivity index (χ3n) is 3.19. The van der Waals surface area contributed by atoms with Crippen molar-refractivity contribution in [1.29, 1.82) is 0 Å². The van der Waals surface area contributed by atoms with E-state index in [2.05, 4.69) is 13.8 Å². The molecule has 0 spiro atoms. The van der Waals surface area contributed by atoms with Gasteiger partial charge < -0.3 is 10.3 Å². The van der Waals surface area contributed by atoms with Gasteiger partial charge in [-0.15, -0.1) is 0 Å². The molecule has 82 valence electrons. The number of nitrogens with two attached hydrogens (primary N) is 1. The Morgan fingerprint density at radius 2 is 2.20 bits per heavy atom. The molecule has 1 fully saturated rings. The molecule has 0 unspecified atom stereocenters. The van der Waals surface area contributed by atoms with Crippen molar-refractivity contribution in [3.63, 3.8) is 0 Å². The van der Waals surface area contributed by atoms with Gasteiger partial charge in [-0.1, -0.05) is 13.8 Å². The van der Waals surface area contributed by atoms with Crippen LogP contribution < -0.4 is 11.3 Å². The highest BCUT2D eigenvalue weighted by atomic mass is 16.1. The van der Waals surface area contributed by atoms with Crippen LogP contribution in [0, 0.1) is 11.3 Å². The smallest absolute Gasteiger partial charge is 0.273 e. The summed E-state index contributed by atoms with van der Waals surface area (Å²) in [5.41, 5.74) is 6.33. The third-order valence-corrected chi connectivity index (χ3v) is 3.19. The van der Waals surface area contributed by atoms with E-state index >= 15 is 0 Å². The number of rotatable bonds is 2. The molecule has 0 atom stereocenters. The minimum Gasteiger partial charge on any atom is -0.394 e. The van der Waals surface area contributed by atoms with Crippen molar-refractivity contribution in [2.75, 3.05) is 5.73 Å². The Morgan fingerprint density at radius 3 is 2.80 bits per heavy atom. The summed E-state index contributed by atoms with van der Waals surface area (Å²) in [5.74, 6) is 0.638. The van der Waals surface area contributed by atoms with E-state index in [1.54, 1.807) is 10.6 Å². The lowest BCUT2D eigenvalue weighted by molar-refractivity contribution is 0.0821. The van der Waals surface area contributed by atoms with Crippen LogP contribution in [0.3, 0.4) is 0 Å². The van der Waals surface area contributed by atoms with Crippen molar-refractivity contribution in [3.05, 3.63) is 28.7 Å². The molecule has 3 heteroatoms. The summed E-state index contributed by atoms with van der Waals surface area (Å²) in [5, 5.41) is 0. The molecule has 1 aliphatic rings. The van der Waals surface area contributed by atoms with E-state index in [0.717, 1.165) is 6.54 Å². The van der Waals surface area contributed by atoms with E-state index < -0.39 is 0 Å². The van der Waals surface area contributed by atoms with Crippen LogP contribution in [-0.4, -0.2) is 4.57 Å². The van der Waals surface area contributed by atoms with Crippen molar-refractivity contribution >= 4 is 5.69 Å². The first-order chi connectivity index (χ1) is 6.98. The maximum Gasteiger partial charge on any atom is 0.273 e. The van der Waals surface area contributed by atoms with Crippen LogP contribution in [0.2, 0.25) is 0 Å². The molecule has 2 N–H and O–H groups in total. The van der Waals surface area contributed by atoms with Crippen molar-refractivity contribution in [2.45, 2.75) is 33.2 Å². The average Bonchev–Trinajstić information content (AvgIpc) is 2.10. The van der Waals surface area contributed by atoms with Gasteiger partial charge in [-0.3, -0.25) is 4.79 Å². The van der Waals surface area contributed by atoms with E-state index in [0.29, 0.717) is 17.0 Å². The summed E-state index contributed by atoms with van der Waals surface area (Å²) in [6.45, 7) is 5.35. The zero-order valence-electron chi connectivity index (χ0n) is 9.36. The Balaban J connectivity index is 2.07. The van der Waals surface area contributed by atoms with Crippen LogP contribution in [0.1, 0.15) is 26.7 Å². The van der Waals surface area contributed by atoms with Crippen LogP contribution in [0.15, 0.2) is 23.1 Å². The highest BCUT2D eigenvalue weighted by Gasteiger charge is 2.35. The molecule has 3 nitrogen and oxygen atoms in total. The second kappa shape index (κ2) is 3.40. The van der Waals surface area contributed by atoms with Crippen molar-refractivity contribution < 1.29 is 0 Å². The van der Waals surface area contributed by atoms with Gasteiger partial charge in [-0.25, -0.2) is 0 Å². The SMILES string of the molecule is CC1(C)CC(Cn2cccc(N)c2=O)C1. The van der Waals surface area contributed by atoms with Gasteiger partial charge in [0.1, 0.15) is 0 Å². The topological polar surface area (TPSA) is 48.0 Å². The highest BCUT2D eigenvalue weighted by Crippen LogP contribution is 2.45. The number of hydrogen-bond acceptors (Lipinski definition) is 2. The number of hydrogen-bond donors (Lipinski definition) is 1. The highest BCUT2D eigenvalue weighted by molar-refractivity contribution is 5.33. The predicted molar refractivity (Wildman–Crippen MR) is 61.6 cm³/mol. The molecule has 1 aromatic rings. The van der Waals surface area contributed by atoms with E-state index in [1.807, 2.05) is 12.3 Å².